The Morgan fingerprint density at radius 2 is 1.94 bits per heavy atom. The molecule has 86 valence electrons. The molecule has 1 saturated heterocycles. The fourth-order valence-corrected chi connectivity index (χ4v) is 4.70. The third kappa shape index (κ3) is 2.55. The van der Waals surface area contributed by atoms with Crippen molar-refractivity contribution in [3.63, 3.8) is 0 Å². The van der Waals surface area contributed by atoms with E-state index in [0.29, 0.717) is 0 Å². The highest BCUT2D eigenvalue weighted by atomic mass is 32.2. The van der Waals surface area contributed by atoms with Crippen LogP contribution in [0.1, 0.15) is 10.8 Å². The summed E-state index contributed by atoms with van der Waals surface area (Å²) in [6.45, 7) is 0. The van der Waals surface area contributed by atoms with Gasteiger partial charge in [0.15, 0.2) is 0 Å². The molecule has 0 aliphatic carbocycles. The summed E-state index contributed by atoms with van der Waals surface area (Å²) in [5.74, 6) is 2.01. The number of methoxy groups -OCH3 is 1. The fourth-order valence-electron chi connectivity index (χ4n) is 1.75. The van der Waals surface area contributed by atoms with Gasteiger partial charge in [-0.2, -0.15) is 11.8 Å². The molecule has 0 unspecified atom stereocenters. The highest BCUT2D eigenvalue weighted by Gasteiger charge is 2.33. The maximum absolute atomic E-state index is 11.7. The number of carbonyl (C=O) groups excluding carboxylic acids is 1. The van der Waals surface area contributed by atoms with E-state index in [9.17, 15) is 4.79 Å². The predicted octanol–water partition coefficient (Wildman–Crippen LogP) is 2.75. The molecule has 0 N–H and O–H groups in total. The smallest absolute Gasteiger partial charge is 0.320 e. The molecule has 16 heavy (non-hydrogen) atoms. The number of ether oxygens (including phenoxy) is 1. The predicted molar refractivity (Wildman–Crippen MR) is 69.9 cm³/mol. The Hall–Kier alpha value is -0.610. The average Bonchev–Trinajstić information content (AvgIpc) is 2.39. The summed E-state index contributed by atoms with van der Waals surface area (Å²) in [5, 5.41) is 0.165. The molecule has 0 aromatic heterocycles. The molecule has 0 radical (unpaired) electrons. The Morgan fingerprint density at radius 3 is 2.62 bits per heavy atom. The number of carbonyl (C=O) groups is 1. The molecule has 0 saturated carbocycles. The lowest BCUT2D eigenvalue weighted by Gasteiger charge is -2.28. The van der Waals surface area contributed by atoms with Crippen LogP contribution in [-0.4, -0.2) is 29.8 Å². The second kappa shape index (κ2) is 5.64. The van der Waals surface area contributed by atoms with Gasteiger partial charge in [-0.25, -0.2) is 0 Å². The van der Waals surface area contributed by atoms with E-state index in [1.807, 2.05) is 30.0 Å². The van der Waals surface area contributed by atoms with Gasteiger partial charge in [-0.3, -0.25) is 4.79 Å². The lowest BCUT2D eigenvalue weighted by Crippen LogP contribution is -2.28. The van der Waals surface area contributed by atoms with E-state index in [-0.39, 0.29) is 16.5 Å². The summed E-state index contributed by atoms with van der Waals surface area (Å²) < 4.78 is 4.87. The minimum Gasteiger partial charge on any atom is -0.468 e. The summed E-state index contributed by atoms with van der Waals surface area (Å²) >= 11 is 3.55. The lowest BCUT2D eigenvalue weighted by molar-refractivity contribution is -0.140. The first-order valence-corrected chi connectivity index (χ1v) is 7.28. The number of esters is 1. The molecule has 0 amide bonds. The standard InChI is InChI=1S/C12H14O2S2/c1-14-12(13)11-10(15-7-8-16-11)9-5-3-2-4-6-9/h2-6,10-11H,7-8H2,1H3/t10-,11+/m0/s1. The Labute approximate surface area is 104 Å². The van der Waals surface area contributed by atoms with Gasteiger partial charge in [-0.05, 0) is 5.56 Å². The first kappa shape index (κ1) is 11.9. The molecule has 1 aromatic carbocycles. The van der Waals surface area contributed by atoms with Crippen molar-refractivity contribution in [2.75, 3.05) is 18.6 Å². The zero-order valence-electron chi connectivity index (χ0n) is 9.09. The quantitative estimate of drug-likeness (QED) is 0.758. The van der Waals surface area contributed by atoms with E-state index in [1.54, 1.807) is 11.8 Å². The largest absolute Gasteiger partial charge is 0.468 e. The van der Waals surface area contributed by atoms with Crippen molar-refractivity contribution in [1.82, 2.24) is 0 Å². The van der Waals surface area contributed by atoms with Crippen molar-refractivity contribution in [2.24, 2.45) is 0 Å². The molecule has 0 bridgehead atoms. The van der Waals surface area contributed by atoms with E-state index in [2.05, 4.69) is 12.1 Å². The van der Waals surface area contributed by atoms with E-state index in [1.165, 1.54) is 12.7 Å². The van der Waals surface area contributed by atoms with Crippen molar-refractivity contribution in [1.29, 1.82) is 0 Å². The number of hydrogen-bond donors (Lipinski definition) is 0. The van der Waals surface area contributed by atoms with Gasteiger partial charge in [-0.15, -0.1) is 11.8 Å². The van der Waals surface area contributed by atoms with E-state index < -0.39 is 0 Å². The zero-order valence-corrected chi connectivity index (χ0v) is 10.7. The normalized spacial score (nSPS) is 25.1. The first-order valence-electron chi connectivity index (χ1n) is 5.19. The second-order valence-electron chi connectivity index (χ2n) is 3.52. The molecule has 2 nitrogen and oxygen atoms in total. The second-order valence-corrected chi connectivity index (χ2v) is 6.02. The fraction of sp³-hybridized carbons (Fsp3) is 0.417. The maximum Gasteiger partial charge on any atom is 0.320 e. The van der Waals surface area contributed by atoms with E-state index in [0.717, 1.165) is 11.5 Å². The number of rotatable bonds is 2. The summed E-state index contributed by atoms with van der Waals surface area (Å²) in [6.07, 6.45) is 0. The maximum atomic E-state index is 11.7. The monoisotopic (exact) mass is 254 g/mol. The Kier molecular flexibility index (Phi) is 4.18. The van der Waals surface area contributed by atoms with Crippen LogP contribution in [0, 0.1) is 0 Å². The van der Waals surface area contributed by atoms with Crippen LogP contribution in [0.4, 0.5) is 0 Å². The van der Waals surface area contributed by atoms with Crippen LogP contribution in [0.15, 0.2) is 30.3 Å². The van der Waals surface area contributed by atoms with Crippen molar-refractivity contribution < 1.29 is 9.53 Å². The van der Waals surface area contributed by atoms with Crippen molar-refractivity contribution in [3.05, 3.63) is 35.9 Å². The molecule has 0 spiro atoms. The molecule has 1 heterocycles. The summed E-state index contributed by atoms with van der Waals surface area (Å²) in [5.41, 5.74) is 1.22. The van der Waals surface area contributed by atoms with Gasteiger partial charge in [0.1, 0.15) is 5.25 Å². The van der Waals surface area contributed by atoms with Gasteiger partial charge in [0.2, 0.25) is 0 Å². The molecule has 1 fully saturated rings. The topological polar surface area (TPSA) is 26.3 Å². The van der Waals surface area contributed by atoms with Crippen LogP contribution in [0.25, 0.3) is 0 Å². The van der Waals surface area contributed by atoms with Crippen LogP contribution >= 0.6 is 23.5 Å². The van der Waals surface area contributed by atoms with Crippen LogP contribution in [0.5, 0.6) is 0 Å². The summed E-state index contributed by atoms with van der Waals surface area (Å²) in [6, 6.07) is 10.2. The molecular formula is C12H14O2S2. The Morgan fingerprint density at radius 1 is 1.25 bits per heavy atom. The molecule has 4 heteroatoms. The Bertz CT molecular complexity index is 353. The highest BCUT2D eigenvalue weighted by molar-refractivity contribution is 8.07. The number of hydrogen-bond acceptors (Lipinski definition) is 4. The average molecular weight is 254 g/mol. The minimum absolute atomic E-state index is 0.0638. The zero-order chi connectivity index (χ0) is 11.4. The van der Waals surface area contributed by atoms with Gasteiger partial charge in [0.25, 0.3) is 0 Å². The summed E-state index contributed by atoms with van der Waals surface area (Å²) in [4.78, 5) is 11.7. The van der Waals surface area contributed by atoms with Gasteiger partial charge in [0, 0.05) is 11.5 Å². The number of thioether (sulfide) groups is 2. The van der Waals surface area contributed by atoms with E-state index in [4.69, 9.17) is 4.74 Å². The molecule has 1 aromatic rings. The lowest BCUT2D eigenvalue weighted by atomic mass is 10.1. The van der Waals surface area contributed by atoms with Crippen LogP contribution in [-0.2, 0) is 9.53 Å². The SMILES string of the molecule is COC(=O)[C@@H]1SCCS[C@H]1c1ccccc1. The van der Waals surface area contributed by atoms with Crippen molar-refractivity contribution in [3.8, 4) is 0 Å². The van der Waals surface area contributed by atoms with E-state index >= 15 is 0 Å². The van der Waals surface area contributed by atoms with Gasteiger partial charge >= 0.3 is 5.97 Å². The Balaban J connectivity index is 2.20. The van der Waals surface area contributed by atoms with Crippen LogP contribution in [0.3, 0.4) is 0 Å². The van der Waals surface area contributed by atoms with Crippen LogP contribution in [0.2, 0.25) is 0 Å². The summed E-state index contributed by atoms with van der Waals surface area (Å²) in [7, 11) is 1.46. The third-order valence-corrected chi connectivity index (χ3v) is 5.55. The molecule has 2 atom stereocenters. The molecule has 1 aliphatic heterocycles. The highest BCUT2D eigenvalue weighted by Crippen LogP contribution is 2.42. The third-order valence-electron chi connectivity index (χ3n) is 2.51. The van der Waals surface area contributed by atoms with Crippen LogP contribution < -0.4 is 0 Å². The molecule has 1 aliphatic rings. The molecular weight excluding hydrogens is 240 g/mol. The van der Waals surface area contributed by atoms with Gasteiger partial charge in [0.05, 0.1) is 12.4 Å². The molecule has 2 rings (SSSR count). The first-order chi connectivity index (χ1) is 7.83. The van der Waals surface area contributed by atoms with Gasteiger partial charge in [-0.1, -0.05) is 30.3 Å². The van der Waals surface area contributed by atoms with Crippen molar-refractivity contribution in [2.45, 2.75) is 10.5 Å². The van der Waals surface area contributed by atoms with Crippen molar-refractivity contribution >= 4 is 29.5 Å². The number of benzene rings is 1. The minimum atomic E-state index is -0.106. The van der Waals surface area contributed by atoms with Gasteiger partial charge < -0.3 is 4.74 Å².